The predicted octanol–water partition coefficient (Wildman–Crippen LogP) is 1.63. The number of nitrogens with one attached hydrogen (secondary N) is 1. The summed E-state index contributed by atoms with van der Waals surface area (Å²) in [4.78, 5) is 11.0. The van der Waals surface area contributed by atoms with Gasteiger partial charge in [0, 0.05) is 0 Å². The maximum Gasteiger partial charge on any atom is 0.405 e. The molecule has 0 atom stereocenters. The van der Waals surface area contributed by atoms with Crippen LogP contribution in [0.3, 0.4) is 0 Å². The van der Waals surface area contributed by atoms with Crippen LogP contribution >= 0.6 is 22.6 Å². The molecule has 0 heterocycles. The van der Waals surface area contributed by atoms with Gasteiger partial charge in [-0.05, 0) is 12.8 Å². The molecular formula is C6H7F3INO. The largest absolute Gasteiger partial charge is 0.405 e. The minimum atomic E-state index is -4.31. The first kappa shape index (κ1) is 10.1. The maximum atomic E-state index is 11.6. The monoisotopic (exact) mass is 293 g/mol. The topological polar surface area (TPSA) is 29.1 Å². The summed E-state index contributed by atoms with van der Waals surface area (Å²) in [5, 5.41) is 1.85. The number of hydrogen-bond acceptors (Lipinski definition) is 1. The Morgan fingerprint density at radius 1 is 1.50 bits per heavy atom. The Labute approximate surface area is 81.0 Å². The van der Waals surface area contributed by atoms with E-state index in [-0.39, 0.29) is 0 Å². The van der Waals surface area contributed by atoms with Crippen LogP contribution in [0.2, 0.25) is 0 Å². The quantitative estimate of drug-likeness (QED) is 0.608. The third kappa shape index (κ3) is 2.80. The molecule has 0 aromatic rings. The van der Waals surface area contributed by atoms with Crippen molar-refractivity contribution in [3.8, 4) is 0 Å². The van der Waals surface area contributed by atoms with Crippen LogP contribution in [0, 0.1) is 0 Å². The highest BCUT2D eigenvalue weighted by molar-refractivity contribution is 14.1. The number of alkyl halides is 4. The zero-order valence-electron chi connectivity index (χ0n) is 6.04. The van der Waals surface area contributed by atoms with Gasteiger partial charge >= 0.3 is 6.18 Å². The van der Waals surface area contributed by atoms with Crippen LogP contribution in [0.25, 0.3) is 0 Å². The molecule has 0 aromatic heterocycles. The molecule has 0 radical (unpaired) electrons. The standard InChI is InChI=1S/C6H7F3INO/c7-6(8,9)3-11-4(12)5(10)1-2-5/h1-3H2,(H,11,12). The van der Waals surface area contributed by atoms with Gasteiger partial charge in [-0.3, -0.25) is 4.79 Å². The maximum absolute atomic E-state index is 11.6. The van der Waals surface area contributed by atoms with E-state index in [9.17, 15) is 18.0 Å². The van der Waals surface area contributed by atoms with Gasteiger partial charge in [0.15, 0.2) is 0 Å². The molecule has 0 aliphatic heterocycles. The van der Waals surface area contributed by atoms with Crippen molar-refractivity contribution in [1.29, 1.82) is 0 Å². The summed E-state index contributed by atoms with van der Waals surface area (Å²) >= 11 is 1.89. The van der Waals surface area contributed by atoms with E-state index >= 15 is 0 Å². The Kier molecular flexibility index (Phi) is 2.55. The van der Waals surface area contributed by atoms with E-state index in [0.29, 0.717) is 12.8 Å². The molecule has 1 aliphatic carbocycles. The summed E-state index contributed by atoms with van der Waals surface area (Å²) in [6.45, 7) is -1.23. The molecule has 1 amide bonds. The van der Waals surface area contributed by atoms with Crippen LogP contribution in [-0.4, -0.2) is 22.0 Å². The lowest BCUT2D eigenvalue weighted by molar-refractivity contribution is -0.138. The summed E-state index contributed by atoms with van der Waals surface area (Å²) in [5.41, 5.74) is 0. The summed E-state index contributed by atoms with van der Waals surface area (Å²) < 4.78 is 34.3. The van der Waals surface area contributed by atoms with E-state index in [0.717, 1.165) is 0 Å². The molecule has 0 saturated heterocycles. The van der Waals surface area contributed by atoms with Gasteiger partial charge in [0.1, 0.15) is 9.97 Å². The van der Waals surface area contributed by atoms with Crippen LogP contribution < -0.4 is 5.32 Å². The van der Waals surface area contributed by atoms with E-state index in [2.05, 4.69) is 0 Å². The summed E-state index contributed by atoms with van der Waals surface area (Å²) in [5.74, 6) is -0.500. The van der Waals surface area contributed by atoms with E-state index in [1.165, 1.54) is 0 Å². The summed E-state index contributed by atoms with van der Waals surface area (Å²) in [6.07, 6.45) is -2.95. The lowest BCUT2D eigenvalue weighted by atomic mass is 10.4. The smallest absolute Gasteiger partial charge is 0.346 e. The molecule has 6 heteroatoms. The molecule has 2 nitrogen and oxygen atoms in total. The lowest BCUT2D eigenvalue weighted by Gasteiger charge is -2.10. The van der Waals surface area contributed by atoms with Crippen molar-refractivity contribution in [3.05, 3.63) is 0 Å². The molecule has 1 N–H and O–H groups in total. The third-order valence-electron chi connectivity index (χ3n) is 1.55. The Balaban J connectivity index is 2.29. The fraction of sp³-hybridized carbons (Fsp3) is 0.833. The molecule has 0 unspecified atom stereocenters. The van der Waals surface area contributed by atoms with Gasteiger partial charge in [0.05, 0.1) is 0 Å². The Morgan fingerprint density at radius 2 is 2.00 bits per heavy atom. The Hall–Kier alpha value is -0.0100. The molecule has 1 aliphatic rings. The van der Waals surface area contributed by atoms with Crippen molar-refractivity contribution in [1.82, 2.24) is 5.32 Å². The van der Waals surface area contributed by atoms with E-state index in [1.54, 1.807) is 0 Å². The van der Waals surface area contributed by atoms with Crippen LogP contribution in [-0.2, 0) is 4.79 Å². The second-order valence-corrected chi connectivity index (χ2v) is 4.83. The van der Waals surface area contributed by atoms with Gasteiger partial charge in [-0.2, -0.15) is 13.2 Å². The normalized spacial score (nSPS) is 20.3. The molecule has 1 saturated carbocycles. The van der Waals surface area contributed by atoms with Gasteiger partial charge in [0.25, 0.3) is 0 Å². The van der Waals surface area contributed by atoms with Crippen LogP contribution in [0.1, 0.15) is 12.8 Å². The lowest BCUT2D eigenvalue weighted by Crippen LogP contribution is -2.38. The summed E-state index contributed by atoms with van der Waals surface area (Å²) in [7, 11) is 0. The number of hydrogen-bond donors (Lipinski definition) is 1. The highest BCUT2D eigenvalue weighted by Crippen LogP contribution is 2.45. The van der Waals surface area contributed by atoms with Crippen molar-refractivity contribution < 1.29 is 18.0 Å². The highest BCUT2D eigenvalue weighted by Gasteiger charge is 2.47. The van der Waals surface area contributed by atoms with Crippen LogP contribution in [0.15, 0.2) is 0 Å². The van der Waals surface area contributed by atoms with Crippen LogP contribution in [0.4, 0.5) is 13.2 Å². The second-order valence-electron chi connectivity index (χ2n) is 2.76. The fourth-order valence-electron chi connectivity index (χ4n) is 0.676. The molecule has 0 spiro atoms. The average molecular weight is 293 g/mol. The minimum absolute atomic E-state index is 0.500. The molecule has 12 heavy (non-hydrogen) atoms. The molecule has 70 valence electrons. The second kappa shape index (κ2) is 3.04. The van der Waals surface area contributed by atoms with E-state index < -0.39 is 22.0 Å². The number of carbonyl (C=O) groups is 1. The van der Waals surface area contributed by atoms with Gasteiger partial charge < -0.3 is 5.32 Å². The van der Waals surface area contributed by atoms with Gasteiger partial charge in [0.2, 0.25) is 5.91 Å². The summed E-state index contributed by atoms with van der Waals surface area (Å²) in [6, 6.07) is 0. The van der Waals surface area contributed by atoms with Crippen molar-refractivity contribution in [2.45, 2.75) is 22.4 Å². The zero-order valence-corrected chi connectivity index (χ0v) is 8.20. The molecule has 1 rings (SSSR count). The Bertz CT molecular complexity index is 199. The van der Waals surface area contributed by atoms with Crippen LogP contribution in [0.5, 0.6) is 0 Å². The Morgan fingerprint density at radius 3 is 2.33 bits per heavy atom. The number of amides is 1. The first-order valence-electron chi connectivity index (χ1n) is 3.37. The highest BCUT2D eigenvalue weighted by atomic mass is 127. The first-order valence-corrected chi connectivity index (χ1v) is 4.45. The molecule has 0 aromatic carbocycles. The number of halogens is 4. The molecular weight excluding hydrogens is 286 g/mol. The molecule has 1 fully saturated rings. The predicted molar refractivity (Wildman–Crippen MR) is 45.0 cm³/mol. The molecule has 0 bridgehead atoms. The van der Waals surface area contributed by atoms with E-state index in [4.69, 9.17) is 0 Å². The fourth-order valence-corrected chi connectivity index (χ4v) is 1.14. The zero-order chi connectivity index (χ0) is 9.41. The van der Waals surface area contributed by atoms with Gasteiger partial charge in [-0.15, -0.1) is 0 Å². The SMILES string of the molecule is O=C(NCC(F)(F)F)C1(I)CC1. The first-order chi connectivity index (χ1) is 5.33. The van der Waals surface area contributed by atoms with Crippen molar-refractivity contribution in [3.63, 3.8) is 0 Å². The van der Waals surface area contributed by atoms with Gasteiger partial charge in [-0.25, -0.2) is 0 Å². The van der Waals surface area contributed by atoms with E-state index in [1.807, 2.05) is 27.9 Å². The third-order valence-corrected chi connectivity index (χ3v) is 3.11. The minimum Gasteiger partial charge on any atom is -0.346 e. The van der Waals surface area contributed by atoms with Crippen molar-refractivity contribution >= 4 is 28.5 Å². The number of rotatable bonds is 2. The van der Waals surface area contributed by atoms with Gasteiger partial charge in [-0.1, -0.05) is 22.6 Å². The number of carbonyl (C=O) groups excluding carboxylic acids is 1. The van der Waals surface area contributed by atoms with Crippen molar-refractivity contribution in [2.24, 2.45) is 0 Å². The average Bonchev–Trinajstić information content (AvgIpc) is 2.62. The van der Waals surface area contributed by atoms with Crippen molar-refractivity contribution in [2.75, 3.05) is 6.54 Å².